The van der Waals surface area contributed by atoms with Gasteiger partial charge >= 0.3 is 0 Å². The molecule has 2 nitrogen and oxygen atoms in total. The monoisotopic (exact) mass is 197 g/mol. The van der Waals surface area contributed by atoms with Crippen molar-refractivity contribution in [3.05, 3.63) is 18.7 Å². The van der Waals surface area contributed by atoms with Crippen molar-refractivity contribution in [2.24, 2.45) is 7.05 Å². The van der Waals surface area contributed by atoms with Crippen molar-refractivity contribution < 1.29 is 4.57 Å². The molecular formula is C12H25N2+. The molecule has 82 valence electrons. The summed E-state index contributed by atoms with van der Waals surface area (Å²) < 4.78 is 1.94. The van der Waals surface area contributed by atoms with Crippen LogP contribution >= 0.6 is 0 Å². The van der Waals surface area contributed by atoms with Crippen LogP contribution in [0.25, 0.3) is 0 Å². The number of hydrogen-bond donors (Lipinski definition) is 1. The number of unbranched alkanes of at least 4 members (excludes halogenated alkanes) is 5. The minimum absolute atomic E-state index is 1.36. The lowest BCUT2D eigenvalue weighted by molar-refractivity contribution is -0.670. The second-order valence-electron chi connectivity index (χ2n) is 3.69. The van der Waals surface area contributed by atoms with Gasteiger partial charge in [-0.05, 0) is 0 Å². The predicted molar refractivity (Wildman–Crippen MR) is 61.0 cm³/mol. The summed E-state index contributed by atoms with van der Waals surface area (Å²) in [6.45, 7) is 4.51. The lowest BCUT2D eigenvalue weighted by atomic mass is 10.1. The number of H-pyrrole nitrogens is 1. The third-order valence-electron chi connectivity index (χ3n) is 2.14. The maximum absolute atomic E-state index is 2.89. The largest absolute Gasteiger partial charge is 0.250 e. The molecule has 0 aliphatic rings. The second kappa shape index (κ2) is 10.3. The number of aromatic amines is 1. The van der Waals surface area contributed by atoms with Gasteiger partial charge in [0.25, 0.3) is 0 Å². The van der Waals surface area contributed by atoms with Crippen LogP contribution in [0.2, 0.25) is 0 Å². The molecule has 0 aliphatic heterocycles. The summed E-state index contributed by atoms with van der Waals surface area (Å²) in [6.07, 6.45) is 14.2. The maximum atomic E-state index is 2.89. The number of hydrogen-bond acceptors (Lipinski definition) is 0. The Balaban J connectivity index is 0.000000249. The van der Waals surface area contributed by atoms with E-state index in [2.05, 4.69) is 18.8 Å². The Morgan fingerprint density at radius 3 is 1.79 bits per heavy atom. The number of imidazole rings is 1. The Morgan fingerprint density at radius 1 is 1.00 bits per heavy atom. The van der Waals surface area contributed by atoms with Gasteiger partial charge in [-0.25, -0.2) is 4.57 Å². The van der Waals surface area contributed by atoms with Gasteiger partial charge in [0.15, 0.2) is 0 Å². The number of rotatable bonds is 5. The van der Waals surface area contributed by atoms with Crippen molar-refractivity contribution in [1.82, 2.24) is 4.98 Å². The van der Waals surface area contributed by atoms with Gasteiger partial charge in [-0.2, -0.15) is 0 Å². The fourth-order valence-corrected chi connectivity index (χ4v) is 1.22. The first-order valence-corrected chi connectivity index (χ1v) is 5.79. The van der Waals surface area contributed by atoms with Crippen LogP contribution in [0.15, 0.2) is 18.7 Å². The highest BCUT2D eigenvalue weighted by Crippen LogP contribution is 2.03. The van der Waals surface area contributed by atoms with E-state index in [4.69, 9.17) is 0 Å². The summed E-state index contributed by atoms with van der Waals surface area (Å²) in [5, 5.41) is 0. The van der Waals surface area contributed by atoms with Gasteiger partial charge in [0, 0.05) is 0 Å². The fourth-order valence-electron chi connectivity index (χ4n) is 1.22. The van der Waals surface area contributed by atoms with Crippen LogP contribution in [0.4, 0.5) is 0 Å². The van der Waals surface area contributed by atoms with Crippen molar-refractivity contribution in [2.75, 3.05) is 0 Å². The zero-order valence-electron chi connectivity index (χ0n) is 9.92. The lowest BCUT2D eigenvalue weighted by Gasteiger charge is -1.93. The number of nitrogens with zero attached hydrogens (tertiary/aromatic N) is 1. The summed E-state index contributed by atoms with van der Waals surface area (Å²) in [5.74, 6) is 0. The number of aryl methyl sites for hydroxylation is 1. The molecular weight excluding hydrogens is 172 g/mol. The first-order chi connectivity index (χ1) is 6.81. The quantitative estimate of drug-likeness (QED) is 0.552. The highest BCUT2D eigenvalue weighted by Gasteiger charge is 1.83. The summed E-state index contributed by atoms with van der Waals surface area (Å²) in [6, 6.07) is 0. The molecule has 0 radical (unpaired) electrons. The maximum Gasteiger partial charge on any atom is 0.241 e. The van der Waals surface area contributed by atoms with Crippen molar-refractivity contribution >= 4 is 0 Å². The van der Waals surface area contributed by atoms with Crippen LogP contribution in [-0.2, 0) is 7.05 Å². The molecule has 0 bridgehead atoms. The van der Waals surface area contributed by atoms with Crippen LogP contribution in [0.3, 0.4) is 0 Å². The Bertz CT molecular complexity index is 174. The average molecular weight is 197 g/mol. The third-order valence-corrected chi connectivity index (χ3v) is 2.14. The van der Waals surface area contributed by atoms with E-state index < -0.39 is 0 Å². The van der Waals surface area contributed by atoms with E-state index >= 15 is 0 Å². The van der Waals surface area contributed by atoms with Gasteiger partial charge in [0.2, 0.25) is 6.33 Å². The van der Waals surface area contributed by atoms with Crippen molar-refractivity contribution in [2.45, 2.75) is 52.4 Å². The van der Waals surface area contributed by atoms with E-state index in [-0.39, 0.29) is 0 Å². The molecule has 0 aromatic carbocycles. The molecule has 0 unspecified atom stereocenters. The molecule has 14 heavy (non-hydrogen) atoms. The first-order valence-electron chi connectivity index (χ1n) is 5.79. The Hall–Kier alpha value is -0.790. The Labute approximate surface area is 88.4 Å². The van der Waals surface area contributed by atoms with Crippen LogP contribution in [0, 0.1) is 0 Å². The van der Waals surface area contributed by atoms with Gasteiger partial charge in [0.05, 0.1) is 7.05 Å². The first kappa shape index (κ1) is 13.2. The molecule has 0 spiro atoms. The molecule has 0 aliphatic carbocycles. The minimum Gasteiger partial charge on any atom is -0.250 e. The Kier molecular flexibility index (Phi) is 9.71. The zero-order valence-corrected chi connectivity index (χ0v) is 9.92. The van der Waals surface area contributed by atoms with E-state index in [0.717, 1.165) is 0 Å². The van der Waals surface area contributed by atoms with Crippen LogP contribution < -0.4 is 4.57 Å². The summed E-state index contributed by atoms with van der Waals surface area (Å²) in [4.78, 5) is 2.89. The predicted octanol–water partition coefficient (Wildman–Crippen LogP) is 3.21. The van der Waals surface area contributed by atoms with E-state index in [1.54, 1.807) is 0 Å². The van der Waals surface area contributed by atoms with Gasteiger partial charge in [-0.1, -0.05) is 52.4 Å². The molecule has 1 heterocycles. The molecule has 1 rings (SSSR count). The zero-order chi connectivity index (χ0) is 10.6. The highest BCUT2D eigenvalue weighted by molar-refractivity contribution is 4.54. The van der Waals surface area contributed by atoms with Crippen LogP contribution in [0.5, 0.6) is 0 Å². The molecule has 0 atom stereocenters. The molecule has 2 heteroatoms. The number of aromatic nitrogens is 2. The Morgan fingerprint density at radius 2 is 1.57 bits per heavy atom. The topological polar surface area (TPSA) is 19.7 Å². The number of nitrogens with one attached hydrogen (secondary N) is 1. The molecule has 1 N–H and O–H groups in total. The van der Waals surface area contributed by atoms with Crippen LogP contribution in [0.1, 0.15) is 52.4 Å². The SMILES string of the molecule is CCCCCCCC.C[n+]1cc[nH]c1. The summed E-state index contributed by atoms with van der Waals surface area (Å²) in [5.41, 5.74) is 0. The van der Waals surface area contributed by atoms with Crippen LogP contribution in [-0.4, -0.2) is 4.98 Å². The fraction of sp³-hybridized carbons (Fsp3) is 0.750. The standard InChI is InChI=1S/C8H18.C4H6N2/c1-3-5-7-8-6-4-2;1-6-3-2-5-4-6/h3-8H2,1-2H3;2-4H,1H3/p+1. The van der Waals surface area contributed by atoms with Gasteiger partial charge in [0.1, 0.15) is 12.4 Å². The summed E-state index contributed by atoms with van der Waals surface area (Å²) >= 11 is 0. The van der Waals surface area contributed by atoms with Gasteiger partial charge in [-0.3, -0.25) is 4.98 Å². The molecule has 0 saturated heterocycles. The lowest BCUT2D eigenvalue weighted by Crippen LogP contribution is -2.22. The van der Waals surface area contributed by atoms with Crippen molar-refractivity contribution in [3.63, 3.8) is 0 Å². The third kappa shape index (κ3) is 9.30. The molecule has 0 fully saturated rings. The smallest absolute Gasteiger partial charge is 0.241 e. The van der Waals surface area contributed by atoms with Crippen molar-refractivity contribution in [3.8, 4) is 0 Å². The second-order valence-corrected chi connectivity index (χ2v) is 3.69. The normalized spacial score (nSPS) is 9.36. The molecule has 0 amide bonds. The van der Waals surface area contributed by atoms with E-state index in [1.165, 1.54) is 38.5 Å². The van der Waals surface area contributed by atoms with Gasteiger partial charge in [-0.15, -0.1) is 0 Å². The minimum atomic E-state index is 1.36. The molecule has 1 aromatic rings. The van der Waals surface area contributed by atoms with E-state index in [9.17, 15) is 0 Å². The molecule has 1 aromatic heterocycles. The van der Waals surface area contributed by atoms with Gasteiger partial charge < -0.3 is 0 Å². The summed E-state index contributed by atoms with van der Waals surface area (Å²) in [7, 11) is 1.97. The molecule has 0 saturated carbocycles. The highest BCUT2D eigenvalue weighted by atomic mass is 15.0. The van der Waals surface area contributed by atoms with E-state index in [1.807, 2.05) is 30.3 Å². The average Bonchev–Trinajstić information content (AvgIpc) is 2.65. The van der Waals surface area contributed by atoms with Crippen molar-refractivity contribution in [1.29, 1.82) is 0 Å². The van der Waals surface area contributed by atoms with E-state index in [0.29, 0.717) is 0 Å².